The smallest absolute Gasteiger partial charge is 0.339 e. The van der Waals surface area contributed by atoms with Crippen molar-refractivity contribution in [2.24, 2.45) is 0 Å². The van der Waals surface area contributed by atoms with Gasteiger partial charge in [0.2, 0.25) is 0 Å². The van der Waals surface area contributed by atoms with Crippen molar-refractivity contribution in [3.05, 3.63) is 23.3 Å². The van der Waals surface area contributed by atoms with Crippen LogP contribution in [0.25, 0.3) is 0 Å². The third-order valence-electron chi connectivity index (χ3n) is 3.12. The van der Waals surface area contributed by atoms with Crippen molar-refractivity contribution in [3.63, 3.8) is 0 Å². The topological polar surface area (TPSA) is 70.0 Å². The summed E-state index contributed by atoms with van der Waals surface area (Å²) >= 11 is 0. The van der Waals surface area contributed by atoms with Gasteiger partial charge in [-0.05, 0) is 12.5 Å². The van der Waals surface area contributed by atoms with Crippen LogP contribution in [0.5, 0.6) is 5.75 Å². The van der Waals surface area contributed by atoms with Crippen molar-refractivity contribution >= 4 is 11.7 Å². The predicted molar refractivity (Wildman–Crippen MR) is 62.1 cm³/mol. The van der Waals surface area contributed by atoms with Gasteiger partial charge in [-0.1, -0.05) is 6.07 Å². The van der Waals surface area contributed by atoms with Crippen molar-refractivity contribution < 1.29 is 19.7 Å². The molecule has 2 N–H and O–H groups in total. The molecule has 0 saturated heterocycles. The average Bonchev–Trinajstić information content (AvgIpc) is 2.71. The van der Waals surface area contributed by atoms with E-state index in [1.54, 1.807) is 12.1 Å². The molecule has 5 nitrogen and oxygen atoms in total. The average molecular weight is 237 g/mol. The van der Waals surface area contributed by atoms with Gasteiger partial charge in [0.1, 0.15) is 5.75 Å². The first-order valence-electron chi connectivity index (χ1n) is 5.38. The summed E-state index contributed by atoms with van der Waals surface area (Å²) in [5.41, 5.74) is 1.90. The molecule has 0 bridgehead atoms. The van der Waals surface area contributed by atoms with Crippen molar-refractivity contribution in [2.45, 2.75) is 12.5 Å². The SMILES string of the molecule is COC(=O)C(O)c1ccc2c(c1O)CCN2C. The number of phenols is 1. The first kappa shape index (κ1) is 11.7. The van der Waals surface area contributed by atoms with Gasteiger partial charge < -0.3 is 19.8 Å². The number of fused-ring (bicyclic) bond motifs is 1. The molecule has 1 aliphatic heterocycles. The number of carbonyl (C=O) groups excluding carboxylic acids is 1. The molecular formula is C12H15NO4. The molecule has 1 aromatic rings. The summed E-state index contributed by atoms with van der Waals surface area (Å²) in [5.74, 6) is -0.781. The van der Waals surface area contributed by atoms with Crippen LogP contribution in [0.2, 0.25) is 0 Å². The summed E-state index contributed by atoms with van der Waals surface area (Å²) in [5, 5.41) is 19.8. The zero-order valence-electron chi connectivity index (χ0n) is 9.80. The van der Waals surface area contributed by atoms with Crippen LogP contribution in [0.4, 0.5) is 5.69 Å². The lowest BCUT2D eigenvalue weighted by Gasteiger charge is -2.15. The second-order valence-corrected chi connectivity index (χ2v) is 4.10. The molecule has 0 aromatic heterocycles. The number of aromatic hydroxyl groups is 1. The summed E-state index contributed by atoms with van der Waals surface area (Å²) in [6.45, 7) is 0.820. The van der Waals surface area contributed by atoms with Gasteiger partial charge >= 0.3 is 5.97 Å². The molecule has 17 heavy (non-hydrogen) atoms. The van der Waals surface area contributed by atoms with Gasteiger partial charge in [-0.2, -0.15) is 0 Å². The number of anilines is 1. The molecule has 1 atom stereocenters. The molecule has 5 heteroatoms. The standard InChI is InChI=1S/C12H15NO4/c1-13-6-5-7-9(13)4-3-8(10(7)14)11(15)12(16)17-2/h3-4,11,14-15H,5-6H2,1-2H3. The molecule has 0 fully saturated rings. The van der Waals surface area contributed by atoms with Crippen molar-refractivity contribution in [3.8, 4) is 5.75 Å². The van der Waals surface area contributed by atoms with Crippen LogP contribution in [-0.2, 0) is 16.0 Å². The number of likely N-dealkylation sites (N-methyl/N-ethyl adjacent to an activating group) is 1. The van der Waals surface area contributed by atoms with E-state index in [0.29, 0.717) is 6.42 Å². The first-order chi connectivity index (χ1) is 8.06. The largest absolute Gasteiger partial charge is 0.507 e. The van der Waals surface area contributed by atoms with E-state index in [1.165, 1.54) is 7.11 Å². The van der Waals surface area contributed by atoms with E-state index < -0.39 is 12.1 Å². The number of rotatable bonds is 2. The quantitative estimate of drug-likeness (QED) is 0.737. The number of hydrogen-bond donors (Lipinski definition) is 2. The van der Waals surface area contributed by atoms with E-state index in [1.807, 2.05) is 11.9 Å². The maximum atomic E-state index is 11.2. The number of hydrogen-bond acceptors (Lipinski definition) is 5. The maximum absolute atomic E-state index is 11.2. The highest BCUT2D eigenvalue weighted by Crippen LogP contribution is 2.38. The van der Waals surface area contributed by atoms with Crippen LogP contribution in [0, 0.1) is 0 Å². The highest BCUT2D eigenvalue weighted by molar-refractivity contribution is 5.78. The number of benzene rings is 1. The molecule has 0 radical (unpaired) electrons. The molecule has 1 heterocycles. The molecule has 1 unspecified atom stereocenters. The van der Waals surface area contributed by atoms with E-state index in [2.05, 4.69) is 4.74 Å². The number of carbonyl (C=O) groups is 1. The van der Waals surface area contributed by atoms with Gasteiger partial charge in [0.05, 0.1) is 7.11 Å². The summed E-state index contributed by atoms with van der Waals surface area (Å²) < 4.78 is 4.45. The molecular weight excluding hydrogens is 222 g/mol. The van der Waals surface area contributed by atoms with E-state index in [-0.39, 0.29) is 11.3 Å². The Bertz CT molecular complexity index is 458. The number of phenolic OH excluding ortho intramolecular Hbond substituents is 1. The lowest BCUT2D eigenvalue weighted by molar-refractivity contribution is -0.150. The Morgan fingerprint density at radius 3 is 2.88 bits per heavy atom. The Labute approximate surface area is 99.2 Å². The second kappa shape index (κ2) is 4.25. The number of ether oxygens (including phenoxy) is 1. The lowest BCUT2D eigenvalue weighted by atomic mass is 10.0. The number of nitrogens with zero attached hydrogens (tertiary/aromatic N) is 1. The second-order valence-electron chi connectivity index (χ2n) is 4.10. The Kier molecular flexibility index (Phi) is 2.93. The van der Waals surface area contributed by atoms with Gasteiger partial charge in [0.25, 0.3) is 0 Å². The van der Waals surface area contributed by atoms with Crippen molar-refractivity contribution in [1.82, 2.24) is 0 Å². The van der Waals surface area contributed by atoms with Gasteiger partial charge in [-0.15, -0.1) is 0 Å². The van der Waals surface area contributed by atoms with Gasteiger partial charge in [-0.25, -0.2) is 4.79 Å². The molecule has 0 aliphatic carbocycles. The highest BCUT2D eigenvalue weighted by atomic mass is 16.5. The molecule has 0 saturated carbocycles. The number of aliphatic hydroxyl groups excluding tert-OH is 1. The summed E-state index contributed by atoms with van der Waals surface area (Å²) in [6.07, 6.45) is -0.726. The van der Waals surface area contributed by atoms with E-state index in [9.17, 15) is 15.0 Å². The minimum atomic E-state index is -1.43. The first-order valence-corrected chi connectivity index (χ1v) is 5.38. The minimum Gasteiger partial charge on any atom is -0.507 e. The fourth-order valence-corrected chi connectivity index (χ4v) is 2.11. The molecule has 1 aromatic carbocycles. The number of methoxy groups -OCH3 is 1. The lowest BCUT2D eigenvalue weighted by Crippen LogP contribution is -2.14. The van der Waals surface area contributed by atoms with Crippen molar-refractivity contribution in [1.29, 1.82) is 0 Å². The molecule has 2 rings (SSSR count). The predicted octanol–water partition coefficient (Wildman–Crippen LogP) is 0.591. The third-order valence-corrected chi connectivity index (χ3v) is 3.12. The summed E-state index contributed by atoms with van der Waals surface area (Å²) in [7, 11) is 3.13. The molecule has 0 spiro atoms. The van der Waals surface area contributed by atoms with Gasteiger partial charge in [-0.3, -0.25) is 0 Å². The fourth-order valence-electron chi connectivity index (χ4n) is 2.11. The van der Waals surface area contributed by atoms with Crippen LogP contribution < -0.4 is 4.90 Å². The third kappa shape index (κ3) is 1.82. The van der Waals surface area contributed by atoms with Gasteiger partial charge in [0, 0.05) is 30.4 Å². The summed E-state index contributed by atoms with van der Waals surface area (Å²) in [4.78, 5) is 13.3. The van der Waals surface area contributed by atoms with E-state index in [4.69, 9.17) is 0 Å². The monoisotopic (exact) mass is 237 g/mol. The van der Waals surface area contributed by atoms with E-state index >= 15 is 0 Å². The molecule has 92 valence electrons. The number of aliphatic hydroxyl groups is 1. The normalized spacial score (nSPS) is 15.6. The zero-order valence-corrected chi connectivity index (χ0v) is 9.80. The molecule has 0 amide bonds. The zero-order chi connectivity index (χ0) is 12.6. The highest BCUT2D eigenvalue weighted by Gasteiger charge is 2.27. The Balaban J connectivity index is 2.42. The molecule has 1 aliphatic rings. The Morgan fingerprint density at radius 2 is 2.24 bits per heavy atom. The van der Waals surface area contributed by atoms with E-state index in [0.717, 1.165) is 17.8 Å². The maximum Gasteiger partial charge on any atom is 0.339 e. The number of esters is 1. The van der Waals surface area contributed by atoms with Crippen LogP contribution in [-0.4, -0.2) is 36.9 Å². The fraction of sp³-hybridized carbons (Fsp3) is 0.417. The Hall–Kier alpha value is -1.75. The van der Waals surface area contributed by atoms with Crippen LogP contribution in [0.1, 0.15) is 17.2 Å². The van der Waals surface area contributed by atoms with Crippen LogP contribution in [0.15, 0.2) is 12.1 Å². The Morgan fingerprint density at radius 1 is 1.53 bits per heavy atom. The van der Waals surface area contributed by atoms with Crippen LogP contribution in [0.3, 0.4) is 0 Å². The minimum absolute atomic E-state index is 0.00949. The summed E-state index contributed by atoms with van der Waals surface area (Å²) in [6, 6.07) is 3.35. The van der Waals surface area contributed by atoms with Gasteiger partial charge in [0.15, 0.2) is 6.10 Å². The van der Waals surface area contributed by atoms with Crippen LogP contribution >= 0.6 is 0 Å². The van der Waals surface area contributed by atoms with Crippen molar-refractivity contribution in [2.75, 3.05) is 25.6 Å².